The third-order valence-corrected chi connectivity index (χ3v) is 2.69. The van der Waals surface area contributed by atoms with Crippen LogP contribution in [0.5, 0.6) is 0 Å². The number of aryl methyl sites for hydroxylation is 1. The van der Waals surface area contributed by atoms with Crippen LogP contribution in [0.1, 0.15) is 17.5 Å². The lowest BCUT2D eigenvalue weighted by Gasteiger charge is -2.15. The van der Waals surface area contributed by atoms with Gasteiger partial charge in [0.2, 0.25) is 5.91 Å². The van der Waals surface area contributed by atoms with Crippen molar-refractivity contribution >= 4 is 5.91 Å². The third-order valence-electron chi connectivity index (χ3n) is 2.69. The summed E-state index contributed by atoms with van der Waals surface area (Å²) in [5.74, 6) is 0.0445. The Morgan fingerprint density at radius 3 is 2.60 bits per heavy atom. The molecule has 80 valence electrons. The molecule has 1 aromatic rings. The number of carbonyl (C=O) groups excluding carboxylic acids is 1. The molecule has 3 nitrogen and oxygen atoms in total. The van der Waals surface area contributed by atoms with Crippen molar-refractivity contribution in [3.63, 3.8) is 0 Å². The minimum Gasteiger partial charge on any atom is -0.391 e. The van der Waals surface area contributed by atoms with Gasteiger partial charge in [-0.3, -0.25) is 4.79 Å². The topological polar surface area (TPSA) is 40.5 Å². The Morgan fingerprint density at radius 2 is 2.07 bits per heavy atom. The Kier molecular flexibility index (Phi) is 2.73. The first-order valence-electron chi connectivity index (χ1n) is 5.16. The van der Waals surface area contributed by atoms with Crippen molar-refractivity contribution in [3.05, 3.63) is 35.4 Å². The number of aliphatic hydroxyl groups excluding tert-OH is 1. The van der Waals surface area contributed by atoms with E-state index in [1.54, 1.807) is 4.90 Å². The van der Waals surface area contributed by atoms with E-state index in [1.807, 2.05) is 31.2 Å². The summed E-state index contributed by atoms with van der Waals surface area (Å²) in [5, 5.41) is 9.33. The number of carbonyl (C=O) groups is 1. The van der Waals surface area contributed by atoms with E-state index in [0.717, 1.165) is 5.56 Å². The molecule has 0 bridgehead atoms. The molecule has 3 heteroatoms. The summed E-state index contributed by atoms with van der Waals surface area (Å²) in [4.78, 5) is 13.1. The fourth-order valence-electron chi connectivity index (χ4n) is 1.82. The summed E-state index contributed by atoms with van der Waals surface area (Å²) in [7, 11) is 0. The van der Waals surface area contributed by atoms with E-state index in [2.05, 4.69) is 0 Å². The van der Waals surface area contributed by atoms with E-state index in [-0.39, 0.29) is 12.3 Å². The molecule has 1 aliphatic rings. The third kappa shape index (κ3) is 2.36. The SMILES string of the molecule is Cc1ccc(CN2CC(O)CC2=O)cc1. The smallest absolute Gasteiger partial charge is 0.225 e. The van der Waals surface area contributed by atoms with Gasteiger partial charge in [-0.2, -0.15) is 0 Å². The van der Waals surface area contributed by atoms with Gasteiger partial charge in [0.1, 0.15) is 0 Å². The normalized spacial score (nSPS) is 21.1. The lowest BCUT2D eigenvalue weighted by atomic mass is 10.1. The lowest BCUT2D eigenvalue weighted by molar-refractivity contribution is -0.128. The highest BCUT2D eigenvalue weighted by molar-refractivity contribution is 5.78. The Bertz CT molecular complexity index is 358. The number of hydrogen-bond acceptors (Lipinski definition) is 2. The highest BCUT2D eigenvalue weighted by atomic mass is 16.3. The van der Waals surface area contributed by atoms with E-state index >= 15 is 0 Å². The predicted octanol–water partition coefficient (Wildman–Crippen LogP) is 1.09. The zero-order valence-corrected chi connectivity index (χ0v) is 8.81. The number of likely N-dealkylation sites (tertiary alicyclic amines) is 1. The maximum absolute atomic E-state index is 11.4. The molecule has 0 aliphatic carbocycles. The molecule has 15 heavy (non-hydrogen) atoms. The summed E-state index contributed by atoms with van der Waals surface area (Å²) >= 11 is 0. The number of nitrogens with zero attached hydrogens (tertiary/aromatic N) is 1. The molecule has 0 spiro atoms. The van der Waals surface area contributed by atoms with Crippen LogP contribution in [0.25, 0.3) is 0 Å². The monoisotopic (exact) mass is 205 g/mol. The van der Waals surface area contributed by atoms with Crippen molar-refractivity contribution in [3.8, 4) is 0 Å². The van der Waals surface area contributed by atoms with Crippen LogP contribution in [0.4, 0.5) is 0 Å². The maximum Gasteiger partial charge on any atom is 0.225 e. The summed E-state index contributed by atoms with van der Waals surface area (Å²) < 4.78 is 0. The first-order valence-corrected chi connectivity index (χ1v) is 5.16. The maximum atomic E-state index is 11.4. The second kappa shape index (κ2) is 4.03. The molecule has 2 rings (SSSR count). The molecule has 1 unspecified atom stereocenters. The minimum absolute atomic E-state index is 0.0445. The molecular formula is C12H15NO2. The molecule has 0 aromatic heterocycles. The van der Waals surface area contributed by atoms with E-state index in [1.165, 1.54) is 5.56 Å². The zero-order chi connectivity index (χ0) is 10.8. The summed E-state index contributed by atoms with van der Waals surface area (Å²) in [5.41, 5.74) is 2.33. The van der Waals surface area contributed by atoms with Gasteiger partial charge >= 0.3 is 0 Å². The number of aliphatic hydroxyl groups is 1. The van der Waals surface area contributed by atoms with Crippen molar-refractivity contribution in [2.24, 2.45) is 0 Å². The van der Waals surface area contributed by atoms with Gasteiger partial charge in [-0.25, -0.2) is 0 Å². The van der Waals surface area contributed by atoms with Gasteiger partial charge in [0.05, 0.1) is 12.5 Å². The van der Waals surface area contributed by atoms with Crippen molar-refractivity contribution in [1.29, 1.82) is 0 Å². The standard InChI is InChI=1S/C12H15NO2/c1-9-2-4-10(5-3-9)7-13-8-11(14)6-12(13)15/h2-5,11,14H,6-8H2,1H3. The van der Waals surface area contributed by atoms with Gasteiger partial charge in [-0.05, 0) is 12.5 Å². The van der Waals surface area contributed by atoms with Crippen LogP contribution in [0.2, 0.25) is 0 Å². The molecule has 1 atom stereocenters. The Morgan fingerprint density at radius 1 is 1.40 bits per heavy atom. The fourth-order valence-corrected chi connectivity index (χ4v) is 1.82. The number of hydrogen-bond donors (Lipinski definition) is 1. The van der Waals surface area contributed by atoms with Crippen LogP contribution >= 0.6 is 0 Å². The first-order chi connectivity index (χ1) is 7.15. The van der Waals surface area contributed by atoms with E-state index < -0.39 is 6.10 Å². The Hall–Kier alpha value is -1.35. The number of rotatable bonds is 2. The molecule has 1 aliphatic heterocycles. The summed E-state index contributed by atoms with van der Waals surface area (Å²) in [6, 6.07) is 8.11. The molecule has 1 aromatic carbocycles. The number of β-amino-alcohol motifs (C(OH)–C–C–N with tert-alkyl or cyclic N) is 1. The van der Waals surface area contributed by atoms with Crippen molar-refractivity contribution in [1.82, 2.24) is 4.90 Å². The molecule has 1 amide bonds. The molecule has 1 N–H and O–H groups in total. The molecule has 1 fully saturated rings. The highest BCUT2D eigenvalue weighted by Gasteiger charge is 2.27. The minimum atomic E-state index is -0.483. The van der Waals surface area contributed by atoms with Crippen LogP contribution in [-0.4, -0.2) is 28.6 Å². The van der Waals surface area contributed by atoms with Gasteiger partial charge in [0.25, 0.3) is 0 Å². The van der Waals surface area contributed by atoms with Crippen LogP contribution in [0.15, 0.2) is 24.3 Å². The number of amides is 1. The van der Waals surface area contributed by atoms with Crippen molar-refractivity contribution < 1.29 is 9.90 Å². The molecule has 1 saturated heterocycles. The first kappa shape index (κ1) is 10.2. The van der Waals surface area contributed by atoms with Crippen LogP contribution in [0, 0.1) is 6.92 Å². The van der Waals surface area contributed by atoms with E-state index in [4.69, 9.17) is 0 Å². The zero-order valence-electron chi connectivity index (χ0n) is 8.81. The molecule has 1 heterocycles. The predicted molar refractivity (Wildman–Crippen MR) is 57.2 cm³/mol. The Labute approximate surface area is 89.3 Å². The van der Waals surface area contributed by atoms with Crippen LogP contribution < -0.4 is 0 Å². The average molecular weight is 205 g/mol. The molecule has 0 radical (unpaired) electrons. The second-order valence-electron chi connectivity index (χ2n) is 4.12. The Balaban J connectivity index is 2.03. The van der Waals surface area contributed by atoms with Crippen LogP contribution in [-0.2, 0) is 11.3 Å². The van der Waals surface area contributed by atoms with Crippen LogP contribution in [0.3, 0.4) is 0 Å². The summed E-state index contributed by atoms with van der Waals surface area (Å²) in [6.07, 6.45) is -0.214. The molecule has 0 saturated carbocycles. The average Bonchev–Trinajstić information content (AvgIpc) is 2.49. The second-order valence-corrected chi connectivity index (χ2v) is 4.12. The van der Waals surface area contributed by atoms with Gasteiger partial charge in [-0.15, -0.1) is 0 Å². The van der Waals surface area contributed by atoms with E-state index in [9.17, 15) is 9.90 Å². The molecular weight excluding hydrogens is 190 g/mol. The van der Waals surface area contributed by atoms with Crippen molar-refractivity contribution in [2.75, 3.05) is 6.54 Å². The van der Waals surface area contributed by atoms with E-state index in [0.29, 0.717) is 13.1 Å². The highest BCUT2D eigenvalue weighted by Crippen LogP contribution is 2.15. The van der Waals surface area contributed by atoms with Gasteiger partial charge in [-0.1, -0.05) is 29.8 Å². The summed E-state index contributed by atoms with van der Waals surface area (Å²) in [6.45, 7) is 3.11. The van der Waals surface area contributed by atoms with Gasteiger partial charge in [0, 0.05) is 13.1 Å². The number of benzene rings is 1. The van der Waals surface area contributed by atoms with Gasteiger partial charge in [0.15, 0.2) is 0 Å². The quantitative estimate of drug-likeness (QED) is 0.785. The largest absolute Gasteiger partial charge is 0.391 e. The fraction of sp³-hybridized carbons (Fsp3) is 0.417. The lowest BCUT2D eigenvalue weighted by Crippen LogP contribution is -2.25. The van der Waals surface area contributed by atoms with Gasteiger partial charge < -0.3 is 10.0 Å². The van der Waals surface area contributed by atoms with Crippen molar-refractivity contribution in [2.45, 2.75) is 26.0 Å².